The van der Waals surface area contributed by atoms with E-state index in [2.05, 4.69) is 19.2 Å². The van der Waals surface area contributed by atoms with Crippen molar-refractivity contribution in [2.75, 3.05) is 33.2 Å². The molecule has 0 saturated carbocycles. The summed E-state index contributed by atoms with van der Waals surface area (Å²) in [6.45, 7) is 5.88. The molecule has 1 N–H and O–H groups in total. The van der Waals surface area contributed by atoms with Crippen LogP contribution < -0.4 is 5.32 Å². The maximum Gasteiger partial charge on any atom is 0.242 e. The fraction of sp³-hybridized carbons (Fsp3) is 0.800. The van der Waals surface area contributed by atoms with Gasteiger partial charge in [-0.05, 0) is 0 Å². The summed E-state index contributed by atoms with van der Waals surface area (Å²) >= 11 is 0. The summed E-state index contributed by atoms with van der Waals surface area (Å²) in [5.41, 5.74) is 0. The zero-order valence-electron chi connectivity index (χ0n) is 9.62. The number of hydrogen-bond donors (Lipinski definition) is 1. The standard InChI is InChI=1S/C10H19N3O2/c1-8(2)11-4-5-13-7-9(14)12(3)6-10(13)15/h8,11H,4-7H2,1-3H3. The topological polar surface area (TPSA) is 52.7 Å². The van der Waals surface area contributed by atoms with Gasteiger partial charge in [-0.25, -0.2) is 0 Å². The highest BCUT2D eigenvalue weighted by molar-refractivity contribution is 5.92. The van der Waals surface area contributed by atoms with Gasteiger partial charge in [0.25, 0.3) is 0 Å². The van der Waals surface area contributed by atoms with Gasteiger partial charge in [0.1, 0.15) is 0 Å². The fourth-order valence-electron chi connectivity index (χ4n) is 1.46. The van der Waals surface area contributed by atoms with Crippen LogP contribution in [0.5, 0.6) is 0 Å². The van der Waals surface area contributed by atoms with E-state index in [-0.39, 0.29) is 24.9 Å². The quantitative estimate of drug-likeness (QED) is 0.671. The van der Waals surface area contributed by atoms with Crippen molar-refractivity contribution in [3.63, 3.8) is 0 Å². The summed E-state index contributed by atoms with van der Waals surface area (Å²) in [7, 11) is 1.66. The lowest BCUT2D eigenvalue weighted by Crippen LogP contribution is -2.53. The minimum atomic E-state index is 0.0131. The van der Waals surface area contributed by atoms with Gasteiger partial charge in [-0.15, -0.1) is 0 Å². The summed E-state index contributed by atoms with van der Waals surface area (Å²) in [6, 6.07) is 0.406. The lowest BCUT2D eigenvalue weighted by Gasteiger charge is -2.31. The summed E-state index contributed by atoms with van der Waals surface area (Å²) in [4.78, 5) is 26.0. The van der Waals surface area contributed by atoms with Crippen LogP contribution in [0.2, 0.25) is 0 Å². The van der Waals surface area contributed by atoms with E-state index in [1.165, 1.54) is 4.90 Å². The van der Waals surface area contributed by atoms with E-state index in [0.29, 0.717) is 12.6 Å². The first-order valence-corrected chi connectivity index (χ1v) is 5.26. The largest absolute Gasteiger partial charge is 0.335 e. The number of amides is 2. The van der Waals surface area contributed by atoms with Crippen LogP contribution in [-0.2, 0) is 9.59 Å². The summed E-state index contributed by atoms with van der Waals surface area (Å²) in [6.07, 6.45) is 0. The summed E-state index contributed by atoms with van der Waals surface area (Å²) < 4.78 is 0. The van der Waals surface area contributed by atoms with Gasteiger partial charge >= 0.3 is 0 Å². The lowest BCUT2D eigenvalue weighted by atomic mass is 10.3. The Morgan fingerprint density at radius 2 is 1.93 bits per heavy atom. The smallest absolute Gasteiger partial charge is 0.242 e. The molecule has 86 valence electrons. The van der Waals surface area contributed by atoms with Gasteiger partial charge in [0.05, 0.1) is 13.1 Å². The molecule has 1 aliphatic heterocycles. The Morgan fingerprint density at radius 1 is 1.27 bits per heavy atom. The Kier molecular flexibility index (Phi) is 4.08. The molecule has 0 atom stereocenters. The van der Waals surface area contributed by atoms with Crippen LogP contribution in [0, 0.1) is 0 Å². The van der Waals surface area contributed by atoms with Crippen LogP contribution >= 0.6 is 0 Å². The molecule has 0 unspecified atom stereocenters. The zero-order valence-corrected chi connectivity index (χ0v) is 9.62. The number of rotatable bonds is 4. The third kappa shape index (κ3) is 3.51. The molecule has 0 aromatic rings. The second-order valence-electron chi connectivity index (χ2n) is 4.17. The molecule has 0 aliphatic carbocycles. The van der Waals surface area contributed by atoms with Gasteiger partial charge in [0, 0.05) is 26.2 Å². The molecule has 1 saturated heterocycles. The maximum absolute atomic E-state index is 11.5. The van der Waals surface area contributed by atoms with Crippen LogP contribution in [0.15, 0.2) is 0 Å². The number of carbonyl (C=O) groups is 2. The summed E-state index contributed by atoms with van der Waals surface area (Å²) in [5.74, 6) is 0.0433. The second kappa shape index (κ2) is 5.11. The van der Waals surface area contributed by atoms with Gasteiger partial charge in [-0.3, -0.25) is 9.59 Å². The van der Waals surface area contributed by atoms with E-state index < -0.39 is 0 Å². The van der Waals surface area contributed by atoms with Crippen molar-refractivity contribution in [3.05, 3.63) is 0 Å². The predicted octanol–water partition coefficient (Wildman–Crippen LogP) is -0.715. The Hall–Kier alpha value is -1.10. The molecule has 0 aromatic heterocycles. The average molecular weight is 213 g/mol. The minimum Gasteiger partial charge on any atom is -0.335 e. The molecular formula is C10H19N3O2. The highest BCUT2D eigenvalue weighted by atomic mass is 16.2. The Morgan fingerprint density at radius 3 is 2.53 bits per heavy atom. The maximum atomic E-state index is 11.5. The minimum absolute atomic E-state index is 0.0131. The fourth-order valence-corrected chi connectivity index (χ4v) is 1.46. The molecular weight excluding hydrogens is 194 g/mol. The molecule has 0 bridgehead atoms. The Balaban J connectivity index is 2.35. The van der Waals surface area contributed by atoms with Crippen molar-refractivity contribution >= 4 is 11.8 Å². The first-order chi connectivity index (χ1) is 7.00. The molecule has 1 heterocycles. The number of nitrogens with zero attached hydrogens (tertiary/aromatic N) is 2. The molecule has 5 heteroatoms. The monoisotopic (exact) mass is 213 g/mol. The molecule has 0 spiro atoms. The third-order valence-corrected chi connectivity index (χ3v) is 2.41. The molecule has 5 nitrogen and oxygen atoms in total. The second-order valence-corrected chi connectivity index (χ2v) is 4.17. The average Bonchev–Trinajstić information content (AvgIpc) is 2.13. The predicted molar refractivity (Wildman–Crippen MR) is 57.4 cm³/mol. The van der Waals surface area contributed by atoms with E-state index in [0.717, 1.165) is 6.54 Å². The zero-order chi connectivity index (χ0) is 11.4. The molecule has 2 amide bonds. The van der Waals surface area contributed by atoms with Gasteiger partial charge in [-0.2, -0.15) is 0 Å². The van der Waals surface area contributed by atoms with Crippen molar-refractivity contribution in [1.82, 2.24) is 15.1 Å². The number of hydrogen-bond acceptors (Lipinski definition) is 3. The van der Waals surface area contributed by atoms with Crippen LogP contribution in [0.25, 0.3) is 0 Å². The molecule has 0 radical (unpaired) electrons. The van der Waals surface area contributed by atoms with Gasteiger partial charge in [-0.1, -0.05) is 13.8 Å². The molecule has 15 heavy (non-hydrogen) atoms. The lowest BCUT2D eigenvalue weighted by molar-refractivity contribution is -0.148. The van der Waals surface area contributed by atoms with Gasteiger partial charge in [0.2, 0.25) is 11.8 Å². The number of piperazine rings is 1. The van der Waals surface area contributed by atoms with E-state index in [1.807, 2.05) is 0 Å². The van der Waals surface area contributed by atoms with Crippen LogP contribution in [0.4, 0.5) is 0 Å². The Labute approximate surface area is 90.4 Å². The van der Waals surface area contributed by atoms with Crippen LogP contribution in [0.1, 0.15) is 13.8 Å². The number of likely N-dealkylation sites (N-methyl/N-ethyl adjacent to an activating group) is 1. The van der Waals surface area contributed by atoms with Gasteiger partial charge in [0.15, 0.2) is 0 Å². The van der Waals surface area contributed by atoms with E-state index in [9.17, 15) is 9.59 Å². The highest BCUT2D eigenvalue weighted by Crippen LogP contribution is 2.01. The molecule has 1 rings (SSSR count). The molecule has 0 aromatic carbocycles. The number of nitrogens with one attached hydrogen (secondary N) is 1. The highest BCUT2D eigenvalue weighted by Gasteiger charge is 2.26. The van der Waals surface area contributed by atoms with Gasteiger partial charge < -0.3 is 15.1 Å². The molecule has 1 aliphatic rings. The first-order valence-electron chi connectivity index (χ1n) is 5.26. The van der Waals surface area contributed by atoms with E-state index >= 15 is 0 Å². The first kappa shape index (κ1) is 12.0. The van der Waals surface area contributed by atoms with Crippen molar-refractivity contribution in [1.29, 1.82) is 0 Å². The van der Waals surface area contributed by atoms with Crippen molar-refractivity contribution in [3.8, 4) is 0 Å². The number of carbonyl (C=O) groups excluding carboxylic acids is 2. The van der Waals surface area contributed by atoms with E-state index in [4.69, 9.17) is 0 Å². The third-order valence-electron chi connectivity index (χ3n) is 2.41. The van der Waals surface area contributed by atoms with Crippen molar-refractivity contribution in [2.45, 2.75) is 19.9 Å². The normalized spacial score (nSPS) is 17.9. The summed E-state index contributed by atoms with van der Waals surface area (Å²) in [5, 5.41) is 3.22. The van der Waals surface area contributed by atoms with E-state index in [1.54, 1.807) is 11.9 Å². The van der Waals surface area contributed by atoms with Crippen LogP contribution in [0.3, 0.4) is 0 Å². The SMILES string of the molecule is CC(C)NCCN1CC(=O)N(C)CC1=O. The van der Waals surface area contributed by atoms with Crippen molar-refractivity contribution in [2.24, 2.45) is 0 Å². The van der Waals surface area contributed by atoms with Crippen LogP contribution in [-0.4, -0.2) is 60.9 Å². The molecule has 1 fully saturated rings. The van der Waals surface area contributed by atoms with Crippen molar-refractivity contribution < 1.29 is 9.59 Å². The Bertz CT molecular complexity index is 253.